The van der Waals surface area contributed by atoms with E-state index in [1.54, 1.807) is 24.3 Å². The summed E-state index contributed by atoms with van der Waals surface area (Å²) in [7, 11) is 0. The molecule has 2 aromatic carbocycles. The Balaban J connectivity index is 1.57. The summed E-state index contributed by atoms with van der Waals surface area (Å²) in [6.07, 6.45) is -7.48. The van der Waals surface area contributed by atoms with Crippen LogP contribution in [0.25, 0.3) is 15.8 Å². The number of fused-ring (bicyclic) bond motifs is 1. The summed E-state index contributed by atoms with van der Waals surface area (Å²) in [4.78, 5) is 60.5. The molecule has 206 valence electrons. The van der Waals surface area contributed by atoms with Crippen LogP contribution in [0, 0.1) is 0 Å². The zero-order chi connectivity index (χ0) is 28.3. The van der Waals surface area contributed by atoms with E-state index in [0.29, 0.717) is 11.1 Å². The minimum Gasteiger partial charge on any atom is -0.463 e. The molecule has 1 aliphatic heterocycles. The van der Waals surface area contributed by atoms with Gasteiger partial charge < -0.3 is 28.8 Å². The van der Waals surface area contributed by atoms with Crippen molar-refractivity contribution in [1.82, 2.24) is 3.96 Å². The number of aromatic nitrogens is 1. The van der Waals surface area contributed by atoms with Crippen LogP contribution in [-0.2, 0) is 38.1 Å². The lowest BCUT2D eigenvalue weighted by Gasteiger charge is -2.42. The molecule has 0 bridgehead atoms. The Labute approximate surface area is 225 Å². The maximum Gasteiger partial charge on any atom is 0.340 e. The van der Waals surface area contributed by atoms with Gasteiger partial charge in [-0.2, -0.15) is 0 Å². The molecule has 0 spiro atoms. The average Bonchev–Trinajstić information content (AvgIpc) is 3.23. The van der Waals surface area contributed by atoms with Crippen LogP contribution in [0.3, 0.4) is 0 Å². The van der Waals surface area contributed by atoms with Crippen molar-refractivity contribution in [3.63, 3.8) is 0 Å². The van der Waals surface area contributed by atoms with E-state index in [1.165, 1.54) is 27.6 Å². The molecular weight excluding hydrogens is 534 g/mol. The first-order chi connectivity index (χ1) is 18.5. The summed E-state index contributed by atoms with van der Waals surface area (Å²) >= 11 is 1.26. The summed E-state index contributed by atoms with van der Waals surface area (Å²) in [5.41, 5.74) is 0.411. The minimum absolute atomic E-state index is 0.0739. The third-order valence-electron chi connectivity index (χ3n) is 5.73. The van der Waals surface area contributed by atoms with Crippen molar-refractivity contribution in [2.24, 2.45) is 0 Å². The van der Waals surface area contributed by atoms with Crippen molar-refractivity contribution < 1.29 is 48.0 Å². The maximum absolute atomic E-state index is 13.0. The Morgan fingerprint density at radius 3 is 2.15 bits per heavy atom. The predicted molar refractivity (Wildman–Crippen MR) is 135 cm³/mol. The summed E-state index contributed by atoms with van der Waals surface area (Å²) in [6.45, 7) is 2.86. The average molecular weight is 560 g/mol. The molecule has 39 heavy (non-hydrogen) atoms. The first-order valence-corrected chi connectivity index (χ1v) is 12.6. The summed E-state index contributed by atoms with van der Waals surface area (Å²) in [5, 5.41) is 11.3. The lowest BCUT2D eigenvalue weighted by molar-refractivity contribution is -0.292. The molecule has 4 rings (SSSR count). The second-order valence-electron chi connectivity index (χ2n) is 8.62. The Hall–Kier alpha value is -4.07. The largest absolute Gasteiger partial charge is 0.463 e. The van der Waals surface area contributed by atoms with E-state index >= 15 is 0 Å². The summed E-state index contributed by atoms with van der Waals surface area (Å²) in [6, 6.07) is 13.2. The Kier molecular flexibility index (Phi) is 8.43. The minimum atomic E-state index is -1.63. The molecule has 0 aliphatic carbocycles. The van der Waals surface area contributed by atoms with Gasteiger partial charge in [-0.3, -0.25) is 19.2 Å². The van der Waals surface area contributed by atoms with Crippen molar-refractivity contribution in [3.8, 4) is 5.69 Å². The quantitative estimate of drug-likeness (QED) is 0.332. The van der Waals surface area contributed by atoms with Gasteiger partial charge in [0, 0.05) is 20.8 Å². The lowest BCUT2D eigenvalue weighted by Crippen LogP contribution is -2.62. The molecule has 1 aliphatic rings. The molecule has 2 heterocycles. The number of carbonyl (C=O) groups excluding carboxylic acids is 4. The number of esters is 4. The highest BCUT2D eigenvalue weighted by Crippen LogP contribution is 2.28. The van der Waals surface area contributed by atoms with Crippen LogP contribution in [0.15, 0.2) is 53.3 Å². The van der Waals surface area contributed by atoms with Crippen LogP contribution >= 0.6 is 11.5 Å². The number of nitrogens with zero attached hydrogens (tertiary/aromatic N) is 1. The van der Waals surface area contributed by atoms with Crippen molar-refractivity contribution in [1.29, 1.82) is 0 Å². The van der Waals surface area contributed by atoms with Gasteiger partial charge in [0.1, 0.15) is 18.8 Å². The van der Waals surface area contributed by atoms with Gasteiger partial charge in [-0.25, -0.2) is 8.75 Å². The Morgan fingerprint density at radius 2 is 1.54 bits per heavy atom. The number of rotatable bonds is 7. The molecule has 0 saturated carbocycles. The number of aliphatic hydroxyl groups excluding tert-OH is 1. The van der Waals surface area contributed by atoms with Gasteiger partial charge in [0.05, 0.1) is 21.3 Å². The normalized spacial score (nSPS) is 22.6. The number of benzene rings is 2. The molecule has 1 fully saturated rings. The van der Waals surface area contributed by atoms with Crippen LogP contribution in [0.2, 0.25) is 0 Å². The van der Waals surface area contributed by atoms with Crippen molar-refractivity contribution in [2.45, 2.75) is 51.5 Å². The molecule has 1 aromatic heterocycles. The highest BCUT2D eigenvalue weighted by molar-refractivity contribution is 7.14. The molecule has 13 heteroatoms. The van der Waals surface area contributed by atoms with Crippen LogP contribution in [0.4, 0.5) is 0 Å². The summed E-state index contributed by atoms with van der Waals surface area (Å²) < 4.78 is 28.7. The first-order valence-electron chi connectivity index (χ1n) is 11.8. The molecule has 3 unspecified atom stereocenters. The Morgan fingerprint density at radius 1 is 0.897 bits per heavy atom. The fourth-order valence-electron chi connectivity index (χ4n) is 4.01. The monoisotopic (exact) mass is 559 g/mol. The fourth-order valence-corrected chi connectivity index (χ4v) is 5.01. The fraction of sp³-hybridized carbons (Fsp3) is 0.346. The van der Waals surface area contributed by atoms with Crippen molar-refractivity contribution in [2.75, 3.05) is 6.61 Å². The number of ether oxygens (including phenoxy) is 5. The van der Waals surface area contributed by atoms with Gasteiger partial charge >= 0.3 is 23.9 Å². The maximum atomic E-state index is 13.0. The van der Waals surface area contributed by atoms with Gasteiger partial charge in [0.25, 0.3) is 5.56 Å². The Bertz CT molecular complexity index is 1440. The number of hydrogen-bond donors (Lipinski definition) is 1. The molecule has 0 radical (unpaired) electrons. The number of carbonyl (C=O) groups is 4. The first kappa shape index (κ1) is 28.0. The SMILES string of the molecule is CC(=O)OCC1O[C@@H](OC(=O)c2ccc(-n3sc4ccccc4c3=O)cc2)C(OC(C)=O)C(OC(C)=O)[C@@H]1O. The second kappa shape index (κ2) is 11.8. The molecule has 3 aromatic rings. The van der Waals surface area contributed by atoms with E-state index in [4.69, 9.17) is 23.7 Å². The summed E-state index contributed by atoms with van der Waals surface area (Å²) in [5.74, 6) is -3.17. The van der Waals surface area contributed by atoms with Crippen molar-refractivity contribution in [3.05, 3.63) is 64.4 Å². The van der Waals surface area contributed by atoms with Crippen LogP contribution < -0.4 is 5.56 Å². The number of aliphatic hydroxyl groups is 1. The third kappa shape index (κ3) is 6.33. The van der Waals surface area contributed by atoms with Gasteiger partial charge in [-0.15, -0.1) is 0 Å². The highest BCUT2D eigenvalue weighted by atomic mass is 32.1. The smallest absolute Gasteiger partial charge is 0.340 e. The third-order valence-corrected chi connectivity index (χ3v) is 6.84. The van der Waals surface area contributed by atoms with Crippen LogP contribution in [0.5, 0.6) is 0 Å². The van der Waals surface area contributed by atoms with E-state index in [2.05, 4.69) is 0 Å². The highest BCUT2D eigenvalue weighted by Gasteiger charge is 2.51. The van der Waals surface area contributed by atoms with E-state index in [0.717, 1.165) is 25.5 Å². The molecule has 1 N–H and O–H groups in total. The van der Waals surface area contributed by atoms with Gasteiger partial charge in [0.2, 0.25) is 12.4 Å². The lowest BCUT2D eigenvalue weighted by atomic mass is 9.98. The molecule has 1 saturated heterocycles. The molecule has 12 nitrogen and oxygen atoms in total. The van der Waals surface area contributed by atoms with E-state index in [1.807, 2.05) is 12.1 Å². The van der Waals surface area contributed by atoms with E-state index in [-0.39, 0.29) is 11.1 Å². The molecule has 5 atom stereocenters. The zero-order valence-electron chi connectivity index (χ0n) is 21.1. The second-order valence-corrected chi connectivity index (χ2v) is 9.61. The van der Waals surface area contributed by atoms with E-state index in [9.17, 15) is 29.1 Å². The molecular formula is C26H25NO11S. The topological polar surface area (TPSA) is 157 Å². The van der Waals surface area contributed by atoms with E-state index < -0.39 is 61.2 Å². The molecule has 0 amide bonds. The van der Waals surface area contributed by atoms with Gasteiger partial charge in [0.15, 0.2) is 6.10 Å². The standard InChI is InChI=1S/C26H25NO11S/c1-13(28)34-12-19-21(31)22(35-14(2)29)23(36-15(3)30)26(37-19)38-25(33)16-8-10-17(11-9-16)27-24(32)18-6-4-5-7-20(18)39-27/h4-11,19,21-23,26,31H,12H2,1-3H3/t19?,21-,22?,23?,26+/m1/s1. The zero-order valence-corrected chi connectivity index (χ0v) is 21.9. The van der Waals surface area contributed by atoms with Gasteiger partial charge in [-0.05, 0) is 36.4 Å². The van der Waals surface area contributed by atoms with Gasteiger partial charge in [-0.1, -0.05) is 23.7 Å². The number of hydrogen-bond acceptors (Lipinski definition) is 12. The van der Waals surface area contributed by atoms with Crippen molar-refractivity contribution >= 4 is 45.5 Å². The van der Waals surface area contributed by atoms with Crippen LogP contribution in [0.1, 0.15) is 31.1 Å². The van der Waals surface area contributed by atoms with Crippen LogP contribution in [-0.4, -0.2) is 70.3 Å². The predicted octanol–water partition coefficient (Wildman–Crippen LogP) is 1.72.